The van der Waals surface area contributed by atoms with Gasteiger partial charge < -0.3 is 19.3 Å². The molecule has 0 aromatic heterocycles. The summed E-state index contributed by atoms with van der Waals surface area (Å²) < 4.78 is 16.1. The summed E-state index contributed by atoms with van der Waals surface area (Å²) in [5, 5.41) is 9.47. The fourth-order valence-electron chi connectivity index (χ4n) is 2.17. The van der Waals surface area contributed by atoms with Crippen LogP contribution in [0.15, 0.2) is 42.2 Å². The van der Waals surface area contributed by atoms with E-state index in [0.29, 0.717) is 11.5 Å². The minimum absolute atomic E-state index is 0.221. The predicted molar refractivity (Wildman–Crippen MR) is 91.7 cm³/mol. The van der Waals surface area contributed by atoms with E-state index in [4.69, 9.17) is 14.2 Å². The molecular weight excluding hydrogens is 308 g/mol. The highest BCUT2D eigenvalue weighted by atomic mass is 16.5. The van der Waals surface area contributed by atoms with E-state index in [1.54, 1.807) is 18.2 Å². The Balaban J connectivity index is 2.44. The summed E-state index contributed by atoms with van der Waals surface area (Å²) in [7, 11) is 2.96. The van der Waals surface area contributed by atoms with Crippen LogP contribution in [0.2, 0.25) is 0 Å². The SMILES string of the molecule is COc1cccc(OC)c1OC(=Cc1ccc(C)c(C)c1)C(=O)O. The maximum Gasteiger partial charge on any atom is 0.371 e. The van der Waals surface area contributed by atoms with E-state index in [1.165, 1.54) is 20.3 Å². The molecule has 0 aliphatic heterocycles. The number of carboxylic acids is 1. The second-order valence-electron chi connectivity index (χ2n) is 5.25. The molecule has 0 aliphatic carbocycles. The largest absolute Gasteiger partial charge is 0.493 e. The third kappa shape index (κ3) is 3.87. The van der Waals surface area contributed by atoms with E-state index in [1.807, 2.05) is 32.0 Å². The van der Waals surface area contributed by atoms with Crippen LogP contribution < -0.4 is 14.2 Å². The van der Waals surface area contributed by atoms with E-state index >= 15 is 0 Å². The van der Waals surface area contributed by atoms with Gasteiger partial charge in [0.2, 0.25) is 11.5 Å². The van der Waals surface area contributed by atoms with Crippen LogP contribution in [-0.4, -0.2) is 25.3 Å². The molecule has 126 valence electrons. The number of carboxylic acid groups (broad SMARTS) is 1. The number of aryl methyl sites for hydroxylation is 2. The molecule has 0 saturated heterocycles. The molecule has 0 amide bonds. The lowest BCUT2D eigenvalue weighted by Gasteiger charge is -2.14. The van der Waals surface area contributed by atoms with Crippen molar-refractivity contribution in [3.8, 4) is 17.2 Å². The molecule has 0 fully saturated rings. The van der Waals surface area contributed by atoms with Crippen LogP contribution in [0.1, 0.15) is 16.7 Å². The van der Waals surface area contributed by atoms with Crippen molar-refractivity contribution >= 4 is 12.0 Å². The molecule has 0 saturated carbocycles. The molecule has 2 aromatic rings. The summed E-state index contributed by atoms with van der Waals surface area (Å²) in [5.74, 6) is -0.398. The van der Waals surface area contributed by atoms with E-state index < -0.39 is 5.97 Å². The molecule has 0 aliphatic rings. The second kappa shape index (κ2) is 7.55. The van der Waals surface area contributed by atoms with Gasteiger partial charge in [0, 0.05) is 0 Å². The Bertz CT molecular complexity index is 755. The van der Waals surface area contributed by atoms with E-state index in [-0.39, 0.29) is 11.5 Å². The number of carbonyl (C=O) groups is 1. The van der Waals surface area contributed by atoms with Gasteiger partial charge in [0.15, 0.2) is 11.5 Å². The van der Waals surface area contributed by atoms with Crippen molar-refractivity contribution < 1.29 is 24.1 Å². The van der Waals surface area contributed by atoms with Crippen LogP contribution in [0.5, 0.6) is 17.2 Å². The first-order valence-corrected chi connectivity index (χ1v) is 7.37. The van der Waals surface area contributed by atoms with Crippen LogP contribution in [0.25, 0.3) is 6.08 Å². The molecule has 24 heavy (non-hydrogen) atoms. The van der Waals surface area contributed by atoms with Crippen molar-refractivity contribution in [3.05, 3.63) is 58.8 Å². The monoisotopic (exact) mass is 328 g/mol. The van der Waals surface area contributed by atoms with Crippen molar-refractivity contribution in [2.75, 3.05) is 14.2 Å². The zero-order valence-corrected chi connectivity index (χ0v) is 14.1. The number of rotatable bonds is 6. The van der Waals surface area contributed by atoms with Gasteiger partial charge in [0.05, 0.1) is 14.2 Å². The molecule has 0 radical (unpaired) electrons. The highest BCUT2D eigenvalue weighted by Gasteiger charge is 2.18. The average Bonchev–Trinajstić information content (AvgIpc) is 2.57. The third-order valence-electron chi connectivity index (χ3n) is 3.63. The Morgan fingerprint density at radius 1 is 1.00 bits per heavy atom. The minimum atomic E-state index is -1.18. The van der Waals surface area contributed by atoms with Gasteiger partial charge >= 0.3 is 5.97 Å². The van der Waals surface area contributed by atoms with Gasteiger partial charge in [-0.1, -0.05) is 24.3 Å². The molecule has 0 atom stereocenters. The van der Waals surface area contributed by atoms with Crippen LogP contribution >= 0.6 is 0 Å². The van der Waals surface area contributed by atoms with Crippen LogP contribution in [-0.2, 0) is 4.79 Å². The number of hydrogen-bond donors (Lipinski definition) is 1. The molecule has 1 N–H and O–H groups in total. The summed E-state index contributed by atoms with van der Waals surface area (Å²) in [4.78, 5) is 11.6. The summed E-state index contributed by atoms with van der Waals surface area (Å²) in [6.45, 7) is 3.97. The lowest BCUT2D eigenvalue weighted by atomic mass is 10.1. The fraction of sp³-hybridized carbons (Fsp3) is 0.211. The van der Waals surface area contributed by atoms with Crippen molar-refractivity contribution in [3.63, 3.8) is 0 Å². The van der Waals surface area contributed by atoms with E-state index in [0.717, 1.165) is 16.7 Å². The zero-order valence-electron chi connectivity index (χ0n) is 14.1. The van der Waals surface area contributed by atoms with Crippen molar-refractivity contribution in [1.29, 1.82) is 0 Å². The van der Waals surface area contributed by atoms with Gasteiger partial charge in [0.1, 0.15) is 0 Å². The first-order valence-electron chi connectivity index (χ1n) is 7.37. The first kappa shape index (κ1) is 17.4. The van der Waals surface area contributed by atoms with Gasteiger partial charge in [0.25, 0.3) is 0 Å². The summed E-state index contributed by atoms with van der Waals surface area (Å²) in [5.41, 5.74) is 2.95. The maximum atomic E-state index is 11.6. The van der Waals surface area contributed by atoms with Gasteiger partial charge in [-0.3, -0.25) is 0 Å². The minimum Gasteiger partial charge on any atom is -0.493 e. The highest BCUT2D eigenvalue weighted by molar-refractivity contribution is 5.90. The van der Waals surface area contributed by atoms with Crippen LogP contribution in [0.4, 0.5) is 0 Å². The van der Waals surface area contributed by atoms with Crippen LogP contribution in [0, 0.1) is 13.8 Å². The van der Waals surface area contributed by atoms with E-state index in [9.17, 15) is 9.90 Å². The Kier molecular flexibility index (Phi) is 5.47. The van der Waals surface area contributed by atoms with Gasteiger partial charge in [-0.15, -0.1) is 0 Å². The topological polar surface area (TPSA) is 65.0 Å². The lowest BCUT2D eigenvalue weighted by molar-refractivity contribution is -0.134. The third-order valence-corrected chi connectivity index (χ3v) is 3.63. The van der Waals surface area contributed by atoms with Crippen molar-refractivity contribution in [2.24, 2.45) is 0 Å². The number of methoxy groups -OCH3 is 2. The summed E-state index contributed by atoms with van der Waals surface area (Å²) in [6.07, 6.45) is 1.47. The van der Waals surface area contributed by atoms with Crippen molar-refractivity contribution in [1.82, 2.24) is 0 Å². The number of hydrogen-bond acceptors (Lipinski definition) is 4. The lowest BCUT2D eigenvalue weighted by Crippen LogP contribution is -2.09. The molecule has 0 bridgehead atoms. The van der Waals surface area contributed by atoms with Gasteiger partial charge in [-0.2, -0.15) is 0 Å². The smallest absolute Gasteiger partial charge is 0.371 e. The molecule has 0 unspecified atom stereocenters. The number of aliphatic carboxylic acids is 1. The standard InChI is InChI=1S/C19H20O5/c1-12-8-9-14(10-13(12)2)11-17(19(20)21)24-18-15(22-3)6-5-7-16(18)23-4/h5-11H,1-4H3,(H,20,21). The summed E-state index contributed by atoms with van der Waals surface area (Å²) in [6, 6.07) is 10.8. The normalized spacial score (nSPS) is 11.1. The molecule has 2 aromatic carbocycles. The molecule has 5 nitrogen and oxygen atoms in total. The maximum absolute atomic E-state index is 11.6. The van der Waals surface area contributed by atoms with Gasteiger partial charge in [-0.05, 0) is 48.7 Å². The Morgan fingerprint density at radius 2 is 1.62 bits per heavy atom. The Labute approximate surface area is 141 Å². The van der Waals surface area contributed by atoms with Gasteiger partial charge in [-0.25, -0.2) is 4.79 Å². The quantitative estimate of drug-likeness (QED) is 0.645. The van der Waals surface area contributed by atoms with Crippen LogP contribution in [0.3, 0.4) is 0 Å². The fourth-order valence-corrected chi connectivity index (χ4v) is 2.17. The molecule has 5 heteroatoms. The number of para-hydroxylation sites is 1. The summed E-state index contributed by atoms with van der Waals surface area (Å²) >= 11 is 0. The zero-order chi connectivity index (χ0) is 17.7. The first-order chi connectivity index (χ1) is 11.5. The molecule has 0 spiro atoms. The second-order valence-corrected chi connectivity index (χ2v) is 5.25. The number of benzene rings is 2. The van der Waals surface area contributed by atoms with E-state index in [2.05, 4.69) is 0 Å². The number of ether oxygens (including phenoxy) is 3. The Hall–Kier alpha value is -2.95. The van der Waals surface area contributed by atoms with Crippen molar-refractivity contribution in [2.45, 2.75) is 13.8 Å². The molecular formula is C19H20O5. The molecule has 2 rings (SSSR count). The predicted octanol–water partition coefficient (Wildman–Crippen LogP) is 3.83. The highest BCUT2D eigenvalue weighted by Crippen LogP contribution is 2.38. The molecule has 0 heterocycles. The average molecular weight is 328 g/mol. The Morgan fingerprint density at radius 3 is 2.12 bits per heavy atom.